The van der Waals surface area contributed by atoms with E-state index >= 15 is 0 Å². The van der Waals surface area contributed by atoms with Gasteiger partial charge in [0, 0.05) is 27.3 Å². The lowest BCUT2D eigenvalue weighted by Gasteiger charge is -2.11. The SMILES string of the molecule is Cc1cc(Cl)c(CSC(C)CC(=O)O)c(Cl)n1. The summed E-state index contributed by atoms with van der Waals surface area (Å²) in [5, 5.41) is 9.64. The molecule has 0 saturated carbocycles. The van der Waals surface area contributed by atoms with Crippen LogP contribution in [0.4, 0.5) is 0 Å². The van der Waals surface area contributed by atoms with Crippen LogP contribution in [0.25, 0.3) is 0 Å². The summed E-state index contributed by atoms with van der Waals surface area (Å²) in [4.78, 5) is 14.6. The molecule has 1 unspecified atom stereocenters. The van der Waals surface area contributed by atoms with Gasteiger partial charge in [0.1, 0.15) is 5.15 Å². The fourth-order valence-corrected chi connectivity index (χ4v) is 3.11. The van der Waals surface area contributed by atoms with Crippen LogP contribution in [0.3, 0.4) is 0 Å². The molecule has 0 saturated heterocycles. The van der Waals surface area contributed by atoms with E-state index in [1.165, 1.54) is 11.8 Å². The van der Waals surface area contributed by atoms with Crippen molar-refractivity contribution in [3.63, 3.8) is 0 Å². The lowest BCUT2D eigenvalue weighted by molar-refractivity contribution is -0.136. The number of hydrogen-bond donors (Lipinski definition) is 1. The molecule has 1 heterocycles. The van der Waals surface area contributed by atoms with E-state index in [9.17, 15) is 4.79 Å². The summed E-state index contributed by atoms with van der Waals surface area (Å²) < 4.78 is 0. The molecule has 1 aromatic rings. The van der Waals surface area contributed by atoms with Gasteiger partial charge >= 0.3 is 5.97 Å². The first-order valence-electron chi connectivity index (χ1n) is 5.05. The van der Waals surface area contributed by atoms with Gasteiger partial charge < -0.3 is 5.11 Å². The first kappa shape index (κ1) is 14.6. The number of thioether (sulfide) groups is 1. The Morgan fingerprint density at radius 1 is 1.59 bits per heavy atom. The Morgan fingerprint density at radius 3 is 2.76 bits per heavy atom. The number of hydrogen-bond acceptors (Lipinski definition) is 3. The van der Waals surface area contributed by atoms with Crippen molar-refractivity contribution in [1.29, 1.82) is 0 Å². The van der Waals surface area contributed by atoms with E-state index in [0.29, 0.717) is 15.9 Å². The van der Waals surface area contributed by atoms with Crippen LogP contribution in [0, 0.1) is 6.92 Å². The first-order chi connectivity index (χ1) is 7.90. The fraction of sp³-hybridized carbons (Fsp3) is 0.455. The van der Waals surface area contributed by atoms with Crippen LogP contribution >= 0.6 is 35.0 Å². The summed E-state index contributed by atoms with van der Waals surface area (Å²) in [7, 11) is 0. The molecule has 0 bridgehead atoms. The van der Waals surface area contributed by atoms with Crippen molar-refractivity contribution in [1.82, 2.24) is 4.98 Å². The van der Waals surface area contributed by atoms with Crippen LogP contribution in [0.1, 0.15) is 24.6 Å². The fourth-order valence-electron chi connectivity index (χ4n) is 1.28. The smallest absolute Gasteiger partial charge is 0.304 e. The number of aliphatic carboxylic acids is 1. The first-order valence-corrected chi connectivity index (χ1v) is 6.85. The molecule has 0 aliphatic heterocycles. The van der Waals surface area contributed by atoms with Crippen molar-refractivity contribution in [2.24, 2.45) is 0 Å². The number of carboxylic acids is 1. The molecule has 1 N–H and O–H groups in total. The van der Waals surface area contributed by atoms with E-state index in [1.807, 2.05) is 13.8 Å². The van der Waals surface area contributed by atoms with E-state index in [-0.39, 0.29) is 11.7 Å². The lowest BCUT2D eigenvalue weighted by atomic mass is 10.3. The molecule has 17 heavy (non-hydrogen) atoms. The second kappa shape index (κ2) is 6.47. The van der Waals surface area contributed by atoms with Gasteiger partial charge in [-0.2, -0.15) is 11.8 Å². The van der Waals surface area contributed by atoms with Gasteiger partial charge in [0.2, 0.25) is 0 Å². The van der Waals surface area contributed by atoms with Gasteiger partial charge in [-0.05, 0) is 13.0 Å². The second-order valence-corrected chi connectivity index (χ2v) is 5.93. The Balaban J connectivity index is 2.66. The third kappa shape index (κ3) is 4.74. The van der Waals surface area contributed by atoms with Gasteiger partial charge in [-0.3, -0.25) is 4.79 Å². The molecule has 1 rings (SSSR count). The van der Waals surface area contributed by atoms with Crippen LogP contribution in [-0.4, -0.2) is 21.3 Å². The molecule has 94 valence electrons. The molecule has 0 aliphatic rings. The summed E-state index contributed by atoms with van der Waals surface area (Å²) in [6.45, 7) is 3.68. The minimum absolute atomic E-state index is 0.0148. The summed E-state index contributed by atoms with van der Waals surface area (Å²) in [6.07, 6.45) is 0.124. The number of halogens is 2. The molecule has 1 aromatic heterocycles. The highest BCUT2D eigenvalue weighted by molar-refractivity contribution is 7.99. The summed E-state index contributed by atoms with van der Waals surface area (Å²) in [6, 6.07) is 1.76. The van der Waals surface area contributed by atoms with Crippen LogP contribution in [0.2, 0.25) is 10.2 Å². The van der Waals surface area contributed by atoms with Crippen molar-refractivity contribution in [3.8, 4) is 0 Å². The number of rotatable bonds is 5. The maximum absolute atomic E-state index is 10.5. The predicted molar refractivity (Wildman–Crippen MR) is 72.0 cm³/mol. The molecular formula is C11H13Cl2NO2S. The quantitative estimate of drug-likeness (QED) is 0.839. The number of aryl methyl sites for hydroxylation is 1. The molecule has 0 radical (unpaired) electrons. The second-order valence-electron chi connectivity index (χ2n) is 3.73. The Bertz CT molecular complexity index is 403. The third-order valence-electron chi connectivity index (χ3n) is 2.12. The summed E-state index contributed by atoms with van der Waals surface area (Å²) in [5.41, 5.74) is 1.54. The molecule has 0 fully saturated rings. The standard InChI is InChI=1S/C11H13Cl2NO2S/c1-6-3-9(12)8(11(13)14-6)5-17-7(2)4-10(15)16/h3,7H,4-5H2,1-2H3,(H,15,16). The third-order valence-corrected chi connectivity index (χ3v) is 3.96. The Kier molecular flexibility index (Phi) is 5.56. The minimum atomic E-state index is -0.802. The highest BCUT2D eigenvalue weighted by Crippen LogP contribution is 2.29. The normalized spacial score (nSPS) is 12.5. The zero-order valence-corrected chi connectivity index (χ0v) is 11.9. The van der Waals surface area contributed by atoms with Crippen molar-refractivity contribution in [2.45, 2.75) is 31.3 Å². The average Bonchev–Trinajstić information content (AvgIpc) is 2.14. The zero-order chi connectivity index (χ0) is 13.0. The minimum Gasteiger partial charge on any atom is -0.481 e. The van der Waals surface area contributed by atoms with Crippen molar-refractivity contribution < 1.29 is 9.90 Å². The van der Waals surface area contributed by atoms with Crippen molar-refractivity contribution in [2.75, 3.05) is 0 Å². The number of pyridine rings is 1. The molecule has 0 amide bonds. The average molecular weight is 294 g/mol. The lowest BCUT2D eigenvalue weighted by Crippen LogP contribution is -2.06. The van der Waals surface area contributed by atoms with Gasteiger partial charge in [0.05, 0.1) is 6.42 Å². The summed E-state index contributed by atoms with van der Waals surface area (Å²) in [5.74, 6) is -0.233. The van der Waals surface area contributed by atoms with Crippen molar-refractivity contribution in [3.05, 3.63) is 27.5 Å². The summed E-state index contributed by atoms with van der Waals surface area (Å²) >= 11 is 13.6. The monoisotopic (exact) mass is 293 g/mol. The maximum Gasteiger partial charge on any atom is 0.304 e. The molecule has 0 aliphatic carbocycles. The predicted octanol–water partition coefficient (Wildman–Crippen LogP) is 3.79. The van der Waals surface area contributed by atoms with Crippen molar-refractivity contribution >= 4 is 40.9 Å². The van der Waals surface area contributed by atoms with Crippen LogP contribution < -0.4 is 0 Å². The van der Waals surface area contributed by atoms with Crippen LogP contribution in [0.5, 0.6) is 0 Å². The van der Waals surface area contributed by atoms with Gasteiger partial charge in [-0.25, -0.2) is 4.98 Å². The number of aromatic nitrogens is 1. The highest BCUT2D eigenvalue weighted by Gasteiger charge is 2.12. The van der Waals surface area contributed by atoms with Crippen LogP contribution in [0.15, 0.2) is 6.07 Å². The highest BCUT2D eigenvalue weighted by atomic mass is 35.5. The molecule has 6 heteroatoms. The van der Waals surface area contributed by atoms with Gasteiger partial charge in [0.15, 0.2) is 0 Å². The Hall–Kier alpha value is -0.450. The molecule has 0 spiro atoms. The Morgan fingerprint density at radius 2 is 2.24 bits per heavy atom. The largest absolute Gasteiger partial charge is 0.481 e. The molecule has 0 aromatic carbocycles. The molecular weight excluding hydrogens is 281 g/mol. The van der Waals surface area contributed by atoms with E-state index < -0.39 is 5.97 Å². The van der Waals surface area contributed by atoms with Gasteiger partial charge in [-0.15, -0.1) is 0 Å². The Labute approximate surface area is 115 Å². The topological polar surface area (TPSA) is 50.2 Å². The number of carboxylic acid groups (broad SMARTS) is 1. The molecule has 1 atom stereocenters. The zero-order valence-electron chi connectivity index (χ0n) is 9.54. The van der Waals surface area contributed by atoms with E-state index in [4.69, 9.17) is 28.3 Å². The number of carbonyl (C=O) groups is 1. The maximum atomic E-state index is 10.5. The van der Waals surface area contributed by atoms with E-state index in [0.717, 1.165) is 11.3 Å². The molecule has 3 nitrogen and oxygen atoms in total. The van der Waals surface area contributed by atoms with Gasteiger partial charge in [-0.1, -0.05) is 30.1 Å². The van der Waals surface area contributed by atoms with Gasteiger partial charge in [0.25, 0.3) is 0 Å². The number of nitrogens with zero attached hydrogens (tertiary/aromatic N) is 1. The van der Waals surface area contributed by atoms with Crippen LogP contribution in [-0.2, 0) is 10.5 Å². The van der Waals surface area contributed by atoms with E-state index in [2.05, 4.69) is 4.98 Å². The van der Waals surface area contributed by atoms with E-state index in [1.54, 1.807) is 6.07 Å².